The van der Waals surface area contributed by atoms with Crippen LogP contribution in [0.1, 0.15) is 38.5 Å². The summed E-state index contributed by atoms with van der Waals surface area (Å²) < 4.78 is 0. The standard InChI is InChI=1S/C15H15N5.C6H12/c1-3-7-11(4-2)19-15-18-10-12(14(16)20-15)13-8-5-6-9-17-13;1-2-4-6-5-3-1/h3-10H,1-2H2,(H3,16,18,19,20);1-6H2/b11-7+;. The number of nitrogens with zero attached hydrogens (tertiary/aromatic N) is 3. The summed E-state index contributed by atoms with van der Waals surface area (Å²) in [6, 6.07) is 5.58. The van der Waals surface area contributed by atoms with E-state index in [1.165, 1.54) is 38.5 Å². The lowest BCUT2D eigenvalue weighted by Crippen LogP contribution is -2.05. The van der Waals surface area contributed by atoms with Crippen LogP contribution >= 0.6 is 0 Å². The Labute approximate surface area is 155 Å². The van der Waals surface area contributed by atoms with Crippen molar-refractivity contribution in [1.82, 2.24) is 15.0 Å². The number of nitrogen functional groups attached to an aromatic ring is 1. The Morgan fingerprint density at radius 1 is 1.04 bits per heavy atom. The molecule has 5 heteroatoms. The zero-order valence-electron chi connectivity index (χ0n) is 15.2. The van der Waals surface area contributed by atoms with Gasteiger partial charge in [-0.1, -0.05) is 63.8 Å². The number of aromatic nitrogens is 3. The summed E-state index contributed by atoms with van der Waals surface area (Å²) in [5, 5.41) is 3.00. The van der Waals surface area contributed by atoms with Gasteiger partial charge in [-0.25, -0.2) is 4.98 Å². The monoisotopic (exact) mass is 349 g/mol. The molecule has 0 amide bonds. The Hall–Kier alpha value is -2.95. The van der Waals surface area contributed by atoms with Gasteiger partial charge in [-0.3, -0.25) is 4.98 Å². The molecule has 0 spiro atoms. The molecule has 1 aliphatic carbocycles. The second-order valence-corrected chi connectivity index (χ2v) is 6.02. The molecule has 0 aromatic carbocycles. The Balaban J connectivity index is 0.000000342. The average Bonchev–Trinajstić information content (AvgIpc) is 2.70. The summed E-state index contributed by atoms with van der Waals surface area (Å²) in [6.07, 6.45) is 17.4. The molecule has 3 N–H and O–H groups in total. The van der Waals surface area contributed by atoms with Gasteiger partial charge in [0.25, 0.3) is 0 Å². The Kier molecular flexibility index (Phi) is 8.06. The maximum Gasteiger partial charge on any atom is 0.229 e. The Morgan fingerprint density at radius 3 is 2.23 bits per heavy atom. The van der Waals surface area contributed by atoms with Gasteiger partial charge in [-0.15, -0.1) is 0 Å². The molecule has 0 bridgehead atoms. The van der Waals surface area contributed by atoms with Crippen LogP contribution < -0.4 is 11.1 Å². The molecule has 0 aliphatic heterocycles. The molecule has 0 atom stereocenters. The third kappa shape index (κ3) is 6.16. The van der Waals surface area contributed by atoms with E-state index in [0.29, 0.717) is 17.3 Å². The van der Waals surface area contributed by atoms with Crippen molar-refractivity contribution >= 4 is 11.8 Å². The molecule has 1 fully saturated rings. The van der Waals surface area contributed by atoms with Crippen molar-refractivity contribution in [1.29, 1.82) is 0 Å². The minimum Gasteiger partial charge on any atom is -0.383 e. The number of allylic oxidation sites excluding steroid dienone is 3. The molecule has 136 valence electrons. The number of rotatable bonds is 5. The van der Waals surface area contributed by atoms with E-state index in [1.807, 2.05) is 18.2 Å². The van der Waals surface area contributed by atoms with E-state index in [4.69, 9.17) is 5.73 Å². The number of nitrogens with one attached hydrogen (secondary N) is 1. The lowest BCUT2D eigenvalue weighted by atomic mass is 10.0. The molecule has 0 saturated heterocycles. The lowest BCUT2D eigenvalue weighted by Gasteiger charge is -2.08. The molecule has 0 radical (unpaired) electrons. The van der Waals surface area contributed by atoms with Crippen LogP contribution in [0.5, 0.6) is 0 Å². The summed E-state index contributed by atoms with van der Waals surface area (Å²) >= 11 is 0. The second-order valence-electron chi connectivity index (χ2n) is 6.02. The van der Waals surface area contributed by atoms with Gasteiger partial charge in [0.2, 0.25) is 5.95 Å². The first-order valence-electron chi connectivity index (χ1n) is 9.00. The van der Waals surface area contributed by atoms with Crippen LogP contribution in [0.4, 0.5) is 11.8 Å². The molecular weight excluding hydrogens is 322 g/mol. The molecular formula is C21H27N5. The van der Waals surface area contributed by atoms with E-state index in [0.717, 1.165) is 11.4 Å². The maximum atomic E-state index is 5.95. The van der Waals surface area contributed by atoms with Crippen molar-refractivity contribution in [2.24, 2.45) is 0 Å². The number of hydrogen-bond donors (Lipinski definition) is 2. The smallest absolute Gasteiger partial charge is 0.229 e. The van der Waals surface area contributed by atoms with Crippen LogP contribution in [0, 0.1) is 0 Å². The molecule has 1 saturated carbocycles. The van der Waals surface area contributed by atoms with Crippen molar-refractivity contribution < 1.29 is 0 Å². The van der Waals surface area contributed by atoms with E-state index in [1.54, 1.807) is 30.6 Å². The highest BCUT2D eigenvalue weighted by atomic mass is 15.1. The molecule has 3 rings (SSSR count). The highest BCUT2D eigenvalue weighted by Crippen LogP contribution is 2.22. The fourth-order valence-corrected chi connectivity index (χ4v) is 2.65. The second kappa shape index (κ2) is 10.8. The average molecular weight is 349 g/mol. The molecule has 26 heavy (non-hydrogen) atoms. The van der Waals surface area contributed by atoms with Gasteiger partial charge in [0, 0.05) is 18.1 Å². The minimum atomic E-state index is 0.364. The fourth-order valence-electron chi connectivity index (χ4n) is 2.65. The van der Waals surface area contributed by atoms with Crippen LogP contribution in [-0.4, -0.2) is 15.0 Å². The van der Waals surface area contributed by atoms with Gasteiger partial charge in [0.15, 0.2) is 0 Å². The maximum absolute atomic E-state index is 5.95. The fraction of sp³-hybridized carbons (Fsp3) is 0.286. The molecule has 2 aromatic heterocycles. The SMILES string of the molecule is C1CCCCC1.C=C/C=C(\C=C)Nc1ncc(-c2ccccn2)c(N)n1. The van der Waals surface area contributed by atoms with Gasteiger partial charge in [-0.05, 0) is 24.3 Å². The number of anilines is 2. The Bertz CT molecular complexity index is 722. The summed E-state index contributed by atoms with van der Waals surface area (Å²) in [5.41, 5.74) is 8.12. The van der Waals surface area contributed by atoms with Gasteiger partial charge in [0.05, 0.1) is 11.3 Å². The van der Waals surface area contributed by atoms with Crippen molar-refractivity contribution in [2.45, 2.75) is 38.5 Å². The van der Waals surface area contributed by atoms with Gasteiger partial charge in [-0.2, -0.15) is 4.98 Å². The summed E-state index contributed by atoms with van der Waals surface area (Å²) in [6.45, 7) is 7.31. The topological polar surface area (TPSA) is 76.7 Å². The Morgan fingerprint density at radius 2 is 1.73 bits per heavy atom. The van der Waals surface area contributed by atoms with Crippen LogP contribution in [-0.2, 0) is 0 Å². The first-order valence-corrected chi connectivity index (χ1v) is 9.00. The molecule has 1 aliphatic rings. The summed E-state index contributed by atoms with van der Waals surface area (Å²) in [5.74, 6) is 0.762. The predicted molar refractivity (Wildman–Crippen MR) is 109 cm³/mol. The number of pyridine rings is 1. The third-order valence-corrected chi connectivity index (χ3v) is 4.03. The normalized spacial score (nSPS) is 13.9. The minimum absolute atomic E-state index is 0.364. The number of nitrogens with two attached hydrogens (primary N) is 1. The van der Waals surface area contributed by atoms with Crippen molar-refractivity contribution in [3.63, 3.8) is 0 Å². The van der Waals surface area contributed by atoms with Gasteiger partial charge in [0.1, 0.15) is 5.82 Å². The summed E-state index contributed by atoms with van der Waals surface area (Å²) in [7, 11) is 0. The van der Waals surface area contributed by atoms with E-state index in [-0.39, 0.29) is 0 Å². The van der Waals surface area contributed by atoms with E-state index >= 15 is 0 Å². The predicted octanol–water partition coefficient (Wildman–Crippen LogP) is 5.13. The highest BCUT2D eigenvalue weighted by Gasteiger charge is 2.07. The highest BCUT2D eigenvalue weighted by molar-refractivity contribution is 5.70. The van der Waals surface area contributed by atoms with Crippen molar-refractivity contribution in [3.8, 4) is 11.3 Å². The van der Waals surface area contributed by atoms with Crippen LogP contribution in [0.3, 0.4) is 0 Å². The van der Waals surface area contributed by atoms with Crippen molar-refractivity contribution in [3.05, 3.63) is 67.7 Å². The third-order valence-electron chi connectivity index (χ3n) is 4.03. The van der Waals surface area contributed by atoms with Crippen LogP contribution in [0.25, 0.3) is 11.3 Å². The zero-order chi connectivity index (χ0) is 18.6. The first kappa shape index (κ1) is 19.4. The lowest BCUT2D eigenvalue weighted by molar-refractivity contribution is 0.504. The van der Waals surface area contributed by atoms with E-state index in [2.05, 4.69) is 33.4 Å². The molecule has 2 heterocycles. The molecule has 0 unspecified atom stereocenters. The quantitative estimate of drug-likeness (QED) is 0.732. The van der Waals surface area contributed by atoms with Crippen molar-refractivity contribution in [2.75, 3.05) is 11.1 Å². The van der Waals surface area contributed by atoms with Gasteiger partial charge < -0.3 is 11.1 Å². The van der Waals surface area contributed by atoms with Gasteiger partial charge >= 0.3 is 0 Å². The first-order chi connectivity index (χ1) is 12.7. The number of hydrogen-bond acceptors (Lipinski definition) is 5. The van der Waals surface area contributed by atoms with Crippen LogP contribution in [0.15, 0.2) is 67.7 Å². The van der Waals surface area contributed by atoms with E-state index in [9.17, 15) is 0 Å². The summed E-state index contributed by atoms with van der Waals surface area (Å²) in [4.78, 5) is 12.7. The largest absolute Gasteiger partial charge is 0.383 e. The van der Waals surface area contributed by atoms with E-state index < -0.39 is 0 Å². The van der Waals surface area contributed by atoms with Crippen LogP contribution in [0.2, 0.25) is 0 Å². The molecule has 5 nitrogen and oxygen atoms in total. The molecule has 2 aromatic rings. The zero-order valence-corrected chi connectivity index (χ0v) is 15.2.